The van der Waals surface area contributed by atoms with Crippen molar-refractivity contribution in [3.63, 3.8) is 0 Å². The van der Waals surface area contributed by atoms with Crippen molar-refractivity contribution < 1.29 is 9.21 Å². The average molecular weight is 341 g/mol. The number of oxazole rings is 1. The van der Waals surface area contributed by atoms with E-state index in [-0.39, 0.29) is 5.91 Å². The summed E-state index contributed by atoms with van der Waals surface area (Å²) in [5.41, 5.74) is 3.83. The molecule has 0 saturated heterocycles. The van der Waals surface area contributed by atoms with E-state index in [1.165, 1.54) is 6.08 Å². The number of carbonyl (C=O) groups excluding carboxylic acids is 1. The van der Waals surface area contributed by atoms with Gasteiger partial charge in [-0.3, -0.25) is 9.78 Å². The van der Waals surface area contributed by atoms with Gasteiger partial charge in [0.2, 0.25) is 11.8 Å². The number of carbonyl (C=O) groups is 1. The lowest BCUT2D eigenvalue weighted by Crippen LogP contribution is -2.07. The van der Waals surface area contributed by atoms with Gasteiger partial charge in [0, 0.05) is 29.7 Å². The van der Waals surface area contributed by atoms with Crippen LogP contribution in [0.2, 0.25) is 0 Å². The molecule has 2 aromatic heterocycles. The Morgan fingerprint density at radius 1 is 1.00 bits per heavy atom. The lowest BCUT2D eigenvalue weighted by atomic mass is 10.2. The fraction of sp³-hybridized carbons (Fsp3) is 0. The van der Waals surface area contributed by atoms with Crippen LogP contribution in [-0.2, 0) is 4.79 Å². The predicted molar refractivity (Wildman–Crippen MR) is 101 cm³/mol. The smallest absolute Gasteiger partial charge is 0.248 e. The van der Waals surface area contributed by atoms with Gasteiger partial charge in [0.1, 0.15) is 5.52 Å². The highest BCUT2D eigenvalue weighted by molar-refractivity contribution is 6.02. The lowest BCUT2D eigenvalue weighted by Gasteiger charge is -2.01. The molecule has 126 valence electrons. The zero-order valence-corrected chi connectivity index (χ0v) is 13.8. The van der Waals surface area contributed by atoms with Crippen LogP contribution in [0.4, 0.5) is 5.69 Å². The highest BCUT2D eigenvalue weighted by Gasteiger charge is 2.09. The number of rotatable bonds is 4. The molecule has 0 spiro atoms. The van der Waals surface area contributed by atoms with Crippen LogP contribution < -0.4 is 5.32 Å². The van der Waals surface area contributed by atoms with Crippen molar-refractivity contribution in [2.24, 2.45) is 0 Å². The van der Waals surface area contributed by atoms with Gasteiger partial charge in [-0.25, -0.2) is 4.98 Å². The summed E-state index contributed by atoms with van der Waals surface area (Å²) in [5, 5.41) is 2.84. The van der Waals surface area contributed by atoms with E-state index in [4.69, 9.17) is 4.42 Å². The summed E-state index contributed by atoms with van der Waals surface area (Å²) < 4.78 is 5.75. The number of hydrogen-bond acceptors (Lipinski definition) is 4. The summed E-state index contributed by atoms with van der Waals surface area (Å²) in [5.74, 6) is 0.320. The number of anilines is 1. The molecule has 5 heteroatoms. The molecule has 0 aliphatic rings. The molecule has 0 aliphatic carbocycles. The van der Waals surface area contributed by atoms with Crippen LogP contribution in [0.1, 0.15) is 5.56 Å². The normalized spacial score (nSPS) is 11.1. The minimum Gasteiger partial charge on any atom is -0.436 e. The highest BCUT2D eigenvalue weighted by atomic mass is 16.3. The zero-order chi connectivity index (χ0) is 17.8. The molecule has 0 saturated carbocycles. The largest absolute Gasteiger partial charge is 0.436 e. The Balaban J connectivity index is 1.52. The summed E-state index contributed by atoms with van der Waals surface area (Å²) in [6.45, 7) is 0. The molecule has 2 heterocycles. The molecule has 4 aromatic rings. The Morgan fingerprint density at radius 3 is 2.62 bits per heavy atom. The maximum absolute atomic E-state index is 12.1. The van der Waals surface area contributed by atoms with Gasteiger partial charge in [0.25, 0.3) is 0 Å². The number of fused-ring (bicyclic) bond motifs is 1. The third kappa shape index (κ3) is 3.52. The van der Waals surface area contributed by atoms with Crippen LogP contribution in [0, 0.1) is 0 Å². The van der Waals surface area contributed by atoms with Gasteiger partial charge in [0.05, 0.1) is 0 Å². The van der Waals surface area contributed by atoms with Crippen molar-refractivity contribution in [1.29, 1.82) is 0 Å². The monoisotopic (exact) mass is 341 g/mol. The maximum atomic E-state index is 12.1. The van der Waals surface area contributed by atoms with Crippen LogP contribution in [0.5, 0.6) is 0 Å². The van der Waals surface area contributed by atoms with E-state index in [0.29, 0.717) is 22.7 Å². The average Bonchev–Trinajstić information content (AvgIpc) is 3.11. The molecule has 0 radical (unpaired) electrons. The summed E-state index contributed by atoms with van der Waals surface area (Å²) in [7, 11) is 0. The molecule has 26 heavy (non-hydrogen) atoms. The number of benzene rings is 2. The van der Waals surface area contributed by atoms with Crippen LogP contribution in [0.15, 0.2) is 83.6 Å². The SMILES string of the molecule is O=C(C=Cc1ccccc1)Nc1ccc2oc(-c3ccncc3)nc2c1. The first kappa shape index (κ1) is 15.8. The van der Waals surface area contributed by atoms with E-state index in [2.05, 4.69) is 15.3 Å². The maximum Gasteiger partial charge on any atom is 0.248 e. The predicted octanol–water partition coefficient (Wildman–Crippen LogP) is 4.54. The number of aromatic nitrogens is 2. The first-order chi connectivity index (χ1) is 12.8. The van der Waals surface area contributed by atoms with Gasteiger partial charge >= 0.3 is 0 Å². The van der Waals surface area contributed by atoms with Gasteiger partial charge in [-0.15, -0.1) is 0 Å². The first-order valence-corrected chi connectivity index (χ1v) is 8.13. The van der Waals surface area contributed by atoms with Crippen molar-refractivity contribution in [3.8, 4) is 11.5 Å². The molecular weight excluding hydrogens is 326 g/mol. The second-order valence-electron chi connectivity index (χ2n) is 5.67. The molecule has 4 rings (SSSR count). The Labute approximate surface area is 150 Å². The fourth-order valence-corrected chi connectivity index (χ4v) is 2.54. The number of hydrogen-bond donors (Lipinski definition) is 1. The van der Waals surface area contributed by atoms with E-state index in [9.17, 15) is 4.79 Å². The quantitative estimate of drug-likeness (QED) is 0.553. The Hall–Kier alpha value is -3.73. The highest BCUT2D eigenvalue weighted by Crippen LogP contribution is 2.25. The Bertz CT molecular complexity index is 1070. The van der Waals surface area contributed by atoms with Crippen molar-refractivity contribution in [2.75, 3.05) is 5.32 Å². The van der Waals surface area contributed by atoms with Gasteiger partial charge in [-0.2, -0.15) is 0 Å². The third-order valence-corrected chi connectivity index (χ3v) is 3.81. The van der Waals surface area contributed by atoms with Crippen molar-refractivity contribution >= 4 is 28.8 Å². The summed E-state index contributed by atoms with van der Waals surface area (Å²) in [6, 6.07) is 18.7. The number of pyridine rings is 1. The molecule has 0 bridgehead atoms. The second kappa shape index (κ2) is 7.03. The molecular formula is C21H15N3O2. The molecule has 0 aliphatic heterocycles. The zero-order valence-electron chi connectivity index (χ0n) is 13.8. The number of nitrogens with one attached hydrogen (secondary N) is 1. The minimum absolute atomic E-state index is 0.203. The van der Waals surface area contributed by atoms with Crippen LogP contribution in [0.3, 0.4) is 0 Å². The van der Waals surface area contributed by atoms with E-state index in [1.54, 1.807) is 36.7 Å². The molecule has 1 N–H and O–H groups in total. The Morgan fingerprint density at radius 2 is 1.81 bits per heavy atom. The first-order valence-electron chi connectivity index (χ1n) is 8.13. The van der Waals surface area contributed by atoms with Gasteiger partial charge in [-0.1, -0.05) is 30.3 Å². The van der Waals surface area contributed by atoms with Gasteiger partial charge < -0.3 is 9.73 Å². The molecule has 0 unspecified atom stereocenters. The van der Waals surface area contributed by atoms with Crippen LogP contribution in [-0.4, -0.2) is 15.9 Å². The third-order valence-electron chi connectivity index (χ3n) is 3.81. The molecule has 1 amide bonds. The standard InChI is InChI=1S/C21H15N3O2/c25-20(9-6-15-4-2-1-3-5-15)23-17-7-8-19-18(14-17)24-21(26-19)16-10-12-22-13-11-16/h1-14H,(H,23,25). The second-order valence-corrected chi connectivity index (χ2v) is 5.67. The summed E-state index contributed by atoms with van der Waals surface area (Å²) >= 11 is 0. The molecule has 0 atom stereocenters. The summed E-state index contributed by atoms with van der Waals surface area (Å²) in [6.07, 6.45) is 6.65. The van der Waals surface area contributed by atoms with Gasteiger partial charge in [0.15, 0.2) is 5.58 Å². The lowest BCUT2D eigenvalue weighted by molar-refractivity contribution is -0.111. The molecule has 5 nitrogen and oxygen atoms in total. The van der Waals surface area contributed by atoms with Crippen molar-refractivity contribution in [3.05, 3.63) is 84.7 Å². The number of amides is 1. The topological polar surface area (TPSA) is 68.0 Å². The van der Waals surface area contributed by atoms with E-state index >= 15 is 0 Å². The minimum atomic E-state index is -0.203. The van der Waals surface area contributed by atoms with E-state index < -0.39 is 0 Å². The van der Waals surface area contributed by atoms with Crippen molar-refractivity contribution in [2.45, 2.75) is 0 Å². The Kier molecular flexibility index (Phi) is 4.26. The van der Waals surface area contributed by atoms with Crippen molar-refractivity contribution in [1.82, 2.24) is 9.97 Å². The summed E-state index contributed by atoms with van der Waals surface area (Å²) in [4.78, 5) is 20.6. The van der Waals surface area contributed by atoms with Crippen LogP contribution in [0.25, 0.3) is 28.6 Å². The van der Waals surface area contributed by atoms with Gasteiger partial charge in [-0.05, 0) is 42.0 Å². The molecule has 2 aromatic carbocycles. The van der Waals surface area contributed by atoms with E-state index in [1.807, 2.05) is 42.5 Å². The number of nitrogens with zero attached hydrogens (tertiary/aromatic N) is 2. The van der Waals surface area contributed by atoms with Crippen LogP contribution >= 0.6 is 0 Å². The van der Waals surface area contributed by atoms with E-state index in [0.717, 1.165) is 11.1 Å². The molecule has 0 fully saturated rings. The fourth-order valence-electron chi connectivity index (χ4n) is 2.54.